The zero-order valence-corrected chi connectivity index (χ0v) is 16.6. The maximum atomic E-state index is 12.8. The summed E-state index contributed by atoms with van der Waals surface area (Å²) in [7, 11) is 1.58. The lowest BCUT2D eigenvalue weighted by Crippen LogP contribution is -2.28. The molecule has 0 radical (unpaired) electrons. The Balaban J connectivity index is 1.58. The number of nitrogens with zero attached hydrogens (tertiary/aromatic N) is 4. The number of hydrogen-bond acceptors (Lipinski definition) is 7. The minimum atomic E-state index is -0.262. The molecule has 7 nitrogen and oxygen atoms in total. The molecule has 4 rings (SSSR count). The second-order valence-electron chi connectivity index (χ2n) is 6.30. The predicted octanol–water partition coefficient (Wildman–Crippen LogP) is 2.35. The molecule has 3 heterocycles. The number of hydrogen-bond donors (Lipinski definition) is 0. The number of aryl methyl sites for hydroxylation is 1. The average molecular weight is 403 g/mol. The van der Waals surface area contributed by atoms with Crippen molar-refractivity contribution in [1.29, 1.82) is 0 Å². The minimum Gasteiger partial charge on any atom is -0.383 e. The Hall–Kier alpha value is -2.23. The molecular formula is C18H18N4O3S2. The zero-order chi connectivity index (χ0) is 19.0. The molecule has 140 valence electrons. The van der Waals surface area contributed by atoms with Crippen LogP contribution in [0.4, 0.5) is 0 Å². The molecule has 1 aromatic carbocycles. The normalized spacial score (nSPS) is 13.6. The number of benzene rings is 1. The third-order valence-corrected chi connectivity index (χ3v) is 6.49. The van der Waals surface area contributed by atoms with Crippen molar-refractivity contribution in [2.24, 2.45) is 0 Å². The highest BCUT2D eigenvalue weighted by Crippen LogP contribution is 2.28. The Morgan fingerprint density at radius 3 is 2.78 bits per heavy atom. The molecule has 27 heavy (non-hydrogen) atoms. The first-order valence-electron chi connectivity index (χ1n) is 8.46. The van der Waals surface area contributed by atoms with E-state index in [9.17, 15) is 9.59 Å². The smallest absolute Gasteiger partial charge is 0.281 e. The number of carbonyl (C=O) groups is 1. The lowest BCUT2D eigenvalue weighted by atomic mass is 10.2. The van der Waals surface area contributed by atoms with Gasteiger partial charge in [0.25, 0.3) is 11.5 Å². The van der Waals surface area contributed by atoms with Crippen molar-refractivity contribution in [2.75, 3.05) is 20.3 Å². The number of fused-ring (bicyclic) bond motifs is 2. The van der Waals surface area contributed by atoms with Gasteiger partial charge in [0.2, 0.25) is 4.96 Å². The first kappa shape index (κ1) is 18.1. The largest absolute Gasteiger partial charge is 0.383 e. The van der Waals surface area contributed by atoms with Crippen LogP contribution < -0.4 is 5.56 Å². The van der Waals surface area contributed by atoms with Crippen LogP contribution in [0.2, 0.25) is 0 Å². The molecule has 2 aromatic heterocycles. The molecule has 0 atom stereocenters. The van der Waals surface area contributed by atoms with Crippen LogP contribution in [0, 0.1) is 6.92 Å². The summed E-state index contributed by atoms with van der Waals surface area (Å²) >= 11 is 2.89. The van der Waals surface area contributed by atoms with Crippen molar-refractivity contribution in [1.82, 2.24) is 19.5 Å². The van der Waals surface area contributed by atoms with Crippen LogP contribution in [0.1, 0.15) is 27.2 Å². The van der Waals surface area contributed by atoms with Crippen molar-refractivity contribution >= 4 is 34.0 Å². The van der Waals surface area contributed by atoms with Gasteiger partial charge in [-0.1, -0.05) is 52.9 Å². The summed E-state index contributed by atoms with van der Waals surface area (Å²) < 4.78 is 7.09. The first-order chi connectivity index (χ1) is 13.1. The van der Waals surface area contributed by atoms with Gasteiger partial charge in [-0.05, 0) is 12.5 Å². The number of thioether (sulfide) groups is 1. The second kappa shape index (κ2) is 7.41. The van der Waals surface area contributed by atoms with Gasteiger partial charge in [-0.15, -0.1) is 5.10 Å². The van der Waals surface area contributed by atoms with Gasteiger partial charge in [-0.25, -0.2) is 4.98 Å². The number of ether oxygens (including phenoxy) is 1. The van der Waals surface area contributed by atoms with Crippen molar-refractivity contribution in [3.8, 4) is 0 Å². The molecule has 0 N–H and O–H groups in total. The second-order valence-corrected chi connectivity index (χ2v) is 8.48. The molecule has 0 spiro atoms. The molecule has 0 unspecified atom stereocenters. The van der Waals surface area contributed by atoms with Crippen LogP contribution in [0.5, 0.6) is 0 Å². The van der Waals surface area contributed by atoms with E-state index >= 15 is 0 Å². The highest BCUT2D eigenvalue weighted by atomic mass is 32.2. The Morgan fingerprint density at radius 1 is 1.26 bits per heavy atom. The number of aromatic nitrogens is 3. The molecular weight excluding hydrogens is 384 g/mol. The van der Waals surface area contributed by atoms with E-state index in [1.807, 2.05) is 0 Å². The lowest BCUT2D eigenvalue weighted by Gasteiger charge is -2.13. The van der Waals surface area contributed by atoms with Crippen LogP contribution in [0.15, 0.2) is 33.4 Å². The highest BCUT2D eigenvalue weighted by Gasteiger charge is 2.32. The van der Waals surface area contributed by atoms with Gasteiger partial charge >= 0.3 is 0 Å². The fraction of sp³-hybridized carbons (Fsp3) is 0.333. The fourth-order valence-corrected chi connectivity index (χ4v) is 4.75. The minimum absolute atomic E-state index is 0.219. The highest BCUT2D eigenvalue weighted by molar-refractivity contribution is 8.00. The standard InChI is InChI=1S/C18H18N4O3S2/c1-11-3-5-12(6-4-11)10-26-18-20-22-15(23)13-9-21(7-8-25-2)16(24)14(13)19-17(22)27-18/h3-6H,7-10H2,1-2H3. The van der Waals surface area contributed by atoms with E-state index < -0.39 is 0 Å². The average Bonchev–Trinajstić information content (AvgIpc) is 3.22. The Bertz CT molecular complexity index is 1060. The predicted molar refractivity (Wildman–Crippen MR) is 104 cm³/mol. The van der Waals surface area contributed by atoms with Crippen LogP contribution >= 0.6 is 23.1 Å². The number of methoxy groups -OCH3 is 1. The summed E-state index contributed by atoms with van der Waals surface area (Å²) in [5, 5.41) is 4.40. The molecule has 0 bridgehead atoms. The summed E-state index contributed by atoms with van der Waals surface area (Å²) in [6.45, 7) is 3.18. The summed E-state index contributed by atoms with van der Waals surface area (Å²) in [4.78, 5) is 31.7. The molecule has 0 fully saturated rings. The van der Waals surface area contributed by atoms with E-state index in [1.54, 1.807) is 23.8 Å². The molecule has 1 aliphatic rings. The van der Waals surface area contributed by atoms with Crippen LogP contribution in [0.25, 0.3) is 4.96 Å². The molecule has 0 saturated carbocycles. The van der Waals surface area contributed by atoms with Crippen molar-refractivity contribution in [3.05, 3.63) is 57.0 Å². The molecule has 3 aromatic rings. The number of rotatable bonds is 6. The van der Waals surface area contributed by atoms with E-state index in [0.29, 0.717) is 23.7 Å². The van der Waals surface area contributed by atoms with Gasteiger partial charge in [-0.2, -0.15) is 4.52 Å². The zero-order valence-electron chi connectivity index (χ0n) is 15.0. The maximum Gasteiger partial charge on any atom is 0.281 e. The monoisotopic (exact) mass is 402 g/mol. The van der Waals surface area contributed by atoms with Crippen molar-refractivity contribution < 1.29 is 9.53 Å². The van der Waals surface area contributed by atoms with E-state index in [-0.39, 0.29) is 23.7 Å². The van der Waals surface area contributed by atoms with E-state index in [4.69, 9.17) is 4.74 Å². The van der Waals surface area contributed by atoms with Gasteiger partial charge in [0.05, 0.1) is 18.7 Å². The third kappa shape index (κ3) is 3.50. The first-order valence-corrected chi connectivity index (χ1v) is 10.3. The molecule has 1 aliphatic heterocycles. The summed E-state index contributed by atoms with van der Waals surface area (Å²) in [5.41, 5.74) is 2.81. The van der Waals surface area contributed by atoms with Crippen molar-refractivity contribution in [3.63, 3.8) is 0 Å². The quantitative estimate of drug-likeness (QED) is 0.589. The Morgan fingerprint density at radius 2 is 2.04 bits per heavy atom. The number of amides is 1. The lowest BCUT2D eigenvalue weighted by molar-refractivity contribution is 0.0715. The summed E-state index contributed by atoms with van der Waals surface area (Å²) in [6.07, 6.45) is 0. The van der Waals surface area contributed by atoms with E-state index in [0.717, 1.165) is 10.1 Å². The Kier molecular flexibility index (Phi) is 4.98. The van der Waals surface area contributed by atoms with Crippen molar-refractivity contribution in [2.45, 2.75) is 23.6 Å². The molecule has 0 aliphatic carbocycles. The molecule has 9 heteroatoms. The third-order valence-electron chi connectivity index (χ3n) is 4.37. The van der Waals surface area contributed by atoms with Gasteiger partial charge < -0.3 is 9.64 Å². The van der Waals surface area contributed by atoms with Crippen LogP contribution in [-0.4, -0.2) is 45.7 Å². The maximum absolute atomic E-state index is 12.8. The summed E-state index contributed by atoms with van der Waals surface area (Å²) in [5.74, 6) is 0.544. The van der Waals surface area contributed by atoms with Gasteiger partial charge in [0.15, 0.2) is 4.34 Å². The van der Waals surface area contributed by atoms with E-state index in [1.165, 1.54) is 27.0 Å². The number of carbonyl (C=O) groups excluding carboxylic acids is 1. The van der Waals surface area contributed by atoms with E-state index in [2.05, 4.69) is 41.3 Å². The topological polar surface area (TPSA) is 76.8 Å². The van der Waals surface area contributed by atoms with Gasteiger partial charge in [0.1, 0.15) is 5.69 Å². The summed E-state index contributed by atoms with van der Waals surface area (Å²) in [6, 6.07) is 8.32. The molecule has 1 amide bonds. The van der Waals surface area contributed by atoms with Gasteiger partial charge in [-0.3, -0.25) is 9.59 Å². The van der Waals surface area contributed by atoms with Gasteiger partial charge in [0, 0.05) is 19.4 Å². The Labute approximate surface area is 164 Å². The van der Waals surface area contributed by atoms with Crippen LogP contribution in [-0.2, 0) is 17.0 Å². The SMILES string of the molecule is COCCN1Cc2c(nc3sc(SCc4ccc(C)cc4)nn3c2=O)C1=O. The molecule has 0 saturated heterocycles. The van der Waals surface area contributed by atoms with Crippen LogP contribution in [0.3, 0.4) is 0 Å². The fourth-order valence-electron chi connectivity index (χ4n) is 2.86.